The Balaban J connectivity index is 2.39. The van der Waals surface area contributed by atoms with E-state index >= 15 is 0 Å². The molecule has 1 nitrogen and oxygen atoms in total. The summed E-state index contributed by atoms with van der Waals surface area (Å²) in [5.74, 6) is 0. The molecule has 1 heterocycles. The third-order valence-electron chi connectivity index (χ3n) is 2.91. The van der Waals surface area contributed by atoms with Gasteiger partial charge < -0.3 is 5.32 Å². The summed E-state index contributed by atoms with van der Waals surface area (Å²) in [5, 5.41) is 5.02. The van der Waals surface area contributed by atoms with Crippen molar-refractivity contribution in [1.29, 1.82) is 0 Å². The van der Waals surface area contributed by atoms with Gasteiger partial charge in [0.1, 0.15) is 0 Å². The van der Waals surface area contributed by atoms with Gasteiger partial charge in [0, 0.05) is 19.8 Å². The first-order valence-electron chi connectivity index (χ1n) is 6.36. The van der Waals surface area contributed by atoms with E-state index < -0.39 is 0 Å². The van der Waals surface area contributed by atoms with Crippen LogP contribution >= 0.6 is 34.5 Å². The van der Waals surface area contributed by atoms with Crippen LogP contribution in [-0.2, 0) is 0 Å². The fourth-order valence-electron chi connectivity index (χ4n) is 2.00. The molecule has 0 amide bonds. The Morgan fingerprint density at radius 3 is 2.63 bits per heavy atom. The van der Waals surface area contributed by atoms with Crippen LogP contribution in [0.3, 0.4) is 0 Å². The van der Waals surface area contributed by atoms with E-state index in [4.69, 9.17) is 23.2 Å². The van der Waals surface area contributed by atoms with Gasteiger partial charge in [0.2, 0.25) is 0 Å². The van der Waals surface area contributed by atoms with Crippen LogP contribution in [-0.4, -0.2) is 6.54 Å². The minimum atomic E-state index is 0.116. The number of aryl methyl sites for hydroxylation is 1. The van der Waals surface area contributed by atoms with Crippen molar-refractivity contribution in [1.82, 2.24) is 5.32 Å². The first-order valence-corrected chi connectivity index (χ1v) is 7.93. The maximum Gasteiger partial charge on any atom is 0.0686 e. The van der Waals surface area contributed by atoms with Crippen LogP contribution in [0.25, 0.3) is 0 Å². The van der Waals surface area contributed by atoms with Gasteiger partial charge >= 0.3 is 0 Å². The summed E-state index contributed by atoms with van der Waals surface area (Å²) in [4.78, 5) is 2.58. The maximum atomic E-state index is 6.33. The zero-order chi connectivity index (χ0) is 13.8. The van der Waals surface area contributed by atoms with Crippen LogP contribution in [0, 0.1) is 6.92 Å². The number of nitrogens with one attached hydrogen (secondary N) is 1. The summed E-state index contributed by atoms with van der Waals surface area (Å²) in [7, 11) is 0. The Morgan fingerprint density at radius 1 is 1.21 bits per heavy atom. The van der Waals surface area contributed by atoms with Crippen LogP contribution < -0.4 is 5.32 Å². The molecule has 0 bridgehead atoms. The van der Waals surface area contributed by atoms with Crippen molar-refractivity contribution in [2.45, 2.75) is 26.3 Å². The first-order chi connectivity index (χ1) is 9.11. The topological polar surface area (TPSA) is 12.0 Å². The van der Waals surface area contributed by atoms with Gasteiger partial charge in [-0.15, -0.1) is 11.3 Å². The second-order valence-corrected chi connectivity index (χ2v) is 6.66. The highest BCUT2D eigenvalue weighted by molar-refractivity contribution is 7.12. The highest BCUT2D eigenvalue weighted by Crippen LogP contribution is 2.33. The molecule has 102 valence electrons. The standard InChI is InChI=1S/C15H17Cl2NS/c1-3-8-18-15(14-7-4-10(2)19-14)12-9-11(16)5-6-13(12)17/h4-7,9,15,18H,3,8H2,1-2H3. The lowest BCUT2D eigenvalue weighted by Gasteiger charge is -2.19. The number of hydrogen-bond donors (Lipinski definition) is 1. The molecule has 2 rings (SSSR count). The average molecular weight is 314 g/mol. The second-order valence-electron chi connectivity index (χ2n) is 4.50. The third-order valence-corrected chi connectivity index (χ3v) is 4.56. The molecule has 4 heteroatoms. The minimum absolute atomic E-state index is 0.116. The van der Waals surface area contributed by atoms with Gasteiger partial charge in [-0.3, -0.25) is 0 Å². The van der Waals surface area contributed by atoms with E-state index in [0.29, 0.717) is 0 Å². The third kappa shape index (κ3) is 3.73. The maximum absolute atomic E-state index is 6.33. The first kappa shape index (κ1) is 14.9. The van der Waals surface area contributed by atoms with Gasteiger partial charge in [-0.2, -0.15) is 0 Å². The lowest BCUT2D eigenvalue weighted by atomic mass is 10.1. The van der Waals surface area contributed by atoms with Crippen LogP contribution in [0.15, 0.2) is 30.3 Å². The normalized spacial score (nSPS) is 12.6. The zero-order valence-corrected chi connectivity index (χ0v) is 13.4. The molecule has 0 radical (unpaired) electrons. The van der Waals surface area contributed by atoms with Crippen molar-refractivity contribution < 1.29 is 0 Å². The van der Waals surface area contributed by atoms with Crippen molar-refractivity contribution in [2.75, 3.05) is 6.54 Å². The molecule has 19 heavy (non-hydrogen) atoms. The Labute approximate surface area is 128 Å². The Morgan fingerprint density at radius 2 is 2.00 bits per heavy atom. The van der Waals surface area contributed by atoms with E-state index in [9.17, 15) is 0 Å². The predicted octanol–water partition coefficient (Wildman–Crippen LogP) is 5.45. The van der Waals surface area contributed by atoms with Crippen LogP contribution in [0.2, 0.25) is 10.0 Å². The molecule has 0 spiro atoms. The van der Waals surface area contributed by atoms with Gasteiger partial charge in [0.25, 0.3) is 0 Å². The lowest BCUT2D eigenvalue weighted by Crippen LogP contribution is -2.22. The van der Waals surface area contributed by atoms with E-state index in [1.54, 1.807) is 11.3 Å². The lowest BCUT2D eigenvalue weighted by molar-refractivity contribution is 0.606. The summed E-state index contributed by atoms with van der Waals surface area (Å²) in [5.41, 5.74) is 1.05. The highest BCUT2D eigenvalue weighted by atomic mass is 35.5. The molecule has 0 saturated heterocycles. The number of thiophene rings is 1. The SMILES string of the molecule is CCCNC(c1ccc(C)s1)c1cc(Cl)ccc1Cl. The van der Waals surface area contributed by atoms with Gasteiger partial charge in [-0.1, -0.05) is 30.1 Å². The molecule has 0 fully saturated rings. The van der Waals surface area contributed by atoms with Crippen LogP contribution in [0.1, 0.15) is 34.7 Å². The molecule has 0 saturated carbocycles. The van der Waals surface area contributed by atoms with Gasteiger partial charge in [0.05, 0.1) is 6.04 Å². The summed E-state index contributed by atoms with van der Waals surface area (Å²) < 4.78 is 0. The monoisotopic (exact) mass is 313 g/mol. The summed E-state index contributed by atoms with van der Waals surface area (Å²) >= 11 is 14.2. The number of hydrogen-bond acceptors (Lipinski definition) is 2. The fraction of sp³-hybridized carbons (Fsp3) is 0.333. The molecule has 1 unspecified atom stereocenters. The summed E-state index contributed by atoms with van der Waals surface area (Å²) in [6.07, 6.45) is 1.08. The molecule has 0 aliphatic rings. The summed E-state index contributed by atoms with van der Waals surface area (Å²) in [6.45, 7) is 5.22. The Bertz CT molecular complexity index is 551. The Kier molecular flexibility index (Phi) is 5.28. The van der Waals surface area contributed by atoms with E-state index in [1.165, 1.54) is 9.75 Å². The van der Waals surface area contributed by atoms with Gasteiger partial charge in [-0.05, 0) is 55.8 Å². The number of rotatable bonds is 5. The van der Waals surface area contributed by atoms with Crippen molar-refractivity contribution >= 4 is 34.5 Å². The molecule has 0 aliphatic heterocycles. The fourth-order valence-corrected chi connectivity index (χ4v) is 3.38. The summed E-state index contributed by atoms with van der Waals surface area (Å²) in [6, 6.07) is 10.0. The molecule has 1 aromatic carbocycles. The number of halogens is 2. The van der Waals surface area contributed by atoms with Crippen molar-refractivity contribution in [3.8, 4) is 0 Å². The van der Waals surface area contributed by atoms with Crippen molar-refractivity contribution in [2.24, 2.45) is 0 Å². The smallest absolute Gasteiger partial charge is 0.0686 e. The molecule has 1 aromatic heterocycles. The quantitative estimate of drug-likeness (QED) is 0.773. The van der Waals surface area contributed by atoms with E-state index in [0.717, 1.165) is 28.6 Å². The molecule has 2 aromatic rings. The zero-order valence-electron chi connectivity index (χ0n) is 11.0. The molecule has 1 atom stereocenters. The van der Waals surface area contributed by atoms with Gasteiger partial charge in [-0.25, -0.2) is 0 Å². The van der Waals surface area contributed by atoms with E-state index in [2.05, 4.69) is 31.3 Å². The van der Waals surface area contributed by atoms with Crippen molar-refractivity contribution in [3.05, 3.63) is 55.7 Å². The Hall–Kier alpha value is -0.540. The second kappa shape index (κ2) is 6.76. The van der Waals surface area contributed by atoms with E-state index in [1.807, 2.05) is 18.2 Å². The molecular weight excluding hydrogens is 297 g/mol. The molecule has 1 N–H and O–H groups in total. The van der Waals surface area contributed by atoms with Crippen LogP contribution in [0.5, 0.6) is 0 Å². The molecule has 0 aliphatic carbocycles. The van der Waals surface area contributed by atoms with Gasteiger partial charge in [0.15, 0.2) is 0 Å². The highest BCUT2D eigenvalue weighted by Gasteiger charge is 2.18. The largest absolute Gasteiger partial charge is 0.306 e. The predicted molar refractivity (Wildman–Crippen MR) is 85.7 cm³/mol. The van der Waals surface area contributed by atoms with Crippen molar-refractivity contribution in [3.63, 3.8) is 0 Å². The van der Waals surface area contributed by atoms with Crippen LogP contribution in [0.4, 0.5) is 0 Å². The minimum Gasteiger partial charge on any atom is -0.306 e. The number of benzene rings is 1. The average Bonchev–Trinajstić information content (AvgIpc) is 2.80. The molecular formula is C15H17Cl2NS. The van der Waals surface area contributed by atoms with E-state index in [-0.39, 0.29) is 6.04 Å².